The quantitative estimate of drug-likeness (QED) is 0.558. The number of ether oxygens (including phenoxy) is 2. The molecule has 0 radical (unpaired) electrons. The lowest BCUT2D eigenvalue weighted by Gasteiger charge is -2.31. The average molecular weight is 447 g/mol. The number of amides is 2. The smallest absolute Gasteiger partial charge is 0.261 e. The lowest BCUT2D eigenvalue weighted by Crippen LogP contribution is -2.50. The van der Waals surface area contributed by atoms with Crippen LogP contribution >= 0.6 is 11.6 Å². The highest BCUT2D eigenvalue weighted by Gasteiger charge is 2.29. The van der Waals surface area contributed by atoms with Crippen LogP contribution in [0.3, 0.4) is 0 Å². The molecule has 0 heterocycles. The van der Waals surface area contributed by atoms with Crippen LogP contribution in [0.2, 0.25) is 5.02 Å². The van der Waals surface area contributed by atoms with Gasteiger partial charge in [-0.25, -0.2) is 0 Å². The summed E-state index contributed by atoms with van der Waals surface area (Å²) in [6, 6.07) is 13.7. The van der Waals surface area contributed by atoms with E-state index in [0.717, 1.165) is 5.56 Å². The van der Waals surface area contributed by atoms with Crippen molar-refractivity contribution in [3.63, 3.8) is 0 Å². The number of carbonyl (C=O) groups excluding carboxylic acids is 2. The molecular formula is C24H31ClN2O4. The lowest BCUT2D eigenvalue weighted by atomic mass is 10.1. The summed E-state index contributed by atoms with van der Waals surface area (Å²) in [6.07, 6.45) is 0.483. The molecule has 0 aliphatic carbocycles. The van der Waals surface area contributed by atoms with Crippen molar-refractivity contribution in [1.29, 1.82) is 0 Å². The van der Waals surface area contributed by atoms with Crippen molar-refractivity contribution in [3.8, 4) is 11.5 Å². The van der Waals surface area contributed by atoms with Crippen LogP contribution in [-0.2, 0) is 16.1 Å². The van der Waals surface area contributed by atoms with Gasteiger partial charge < -0.3 is 19.7 Å². The van der Waals surface area contributed by atoms with E-state index in [2.05, 4.69) is 5.32 Å². The summed E-state index contributed by atoms with van der Waals surface area (Å²) in [6.45, 7) is 6.57. The Kier molecular flexibility index (Phi) is 9.66. The number of halogens is 1. The second-order valence-corrected chi connectivity index (χ2v) is 8.12. The normalized spacial score (nSPS) is 11.7. The Bertz CT molecular complexity index is 872. The van der Waals surface area contributed by atoms with Crippen molar-refractivity contribution in [3.05, 3.63) is 59.1 Å². The van der Waals surface area contributed by atoms with Gasteiger partial charge in [-0.05, 0) is 48.2 Å². The topological polar surface area (TPSA) is 67.9 Å². The first kappa shape index (κ1) is 24.5. The van der Waals surface area contributed by atoms with Gasteiger partial charge in [-0.2, -0.15) is 0 Å². The van der Waals surface area contributed by atoms with Crippen LogP contribution in [0.25, 0.3) is 0 Å². The largest absolute Gasteiger partial charge is 0.497 e. The molecule has 2 aromatic carbocycles. The number of benzene rings is 2. The van der Waals surface area contributed by atoms with E-state index in [9.17, 15) is 9.59 Å². The first-order valence-corrected chi connectivity index (χ1v) is 10.8. The molecular weight excluding hydrogens is 416 g/mol. The third-order valence-corrected chi connectivity index (χ3v) is 4.95. The minimum Gasteiger partial charge on any atom is -0.497 e. The van der Waals surface area contributed by atoms with Crippen molar-refractivity contribution in [1.82, 2.24) is 10.2 Å². The van der Waals surface area contributed by atoms with E-state index in [1.807, 2.05) is 45.0 Å². The summed E-state index contributed by atoms with van der Waals surface area (Å²) < 4.78 is 10.9. The second kappa shape index (κ2) is 12.2. The minimum absolute atomic E-state index is 0.171. The molecule has 168 valence electrons. The van der Waals surface area contributed by atoms with Crippen molar-refractivity contribution < 1.29 is 19.1 Å². The third-order valence-electron chi connectivity index (χ3n) is 4.72. The standard InChI is InChI=1S/C24H31ClN2O4/c1-5-22(24(29)26-14-17(2)3)27(15-18-8-6-10-20(12-18)30-4)23(28)16-31-21-11-7-9-19(25)13-21/h6-13,17,22H,5,14-16H2,1-4H3,(H,26,29)/t22-/m0/s1. The van der Waals surface area contributed by atoms with Crippen LogP contribution < -0.4 is 14.8 Å². The predicted octanol–water partition coefficient (Wildman–Crippen LogP) is 4.31. The van der Waals surface area contributed by atoms with Crippen LogP contribution in [0, 0.1) is 5.92 Å². The summed E-state index contributed by atoms with van der Waals surface area (Å²) in [4.78, 5) is 27.6. The number of methoxy groups -OCH3 is 1. The number of carbonyl (C=O) groups is 2. The Morgan fingerprint density at radius 1 is 1.10 bits per heavy atom. The van der Waals surface area contributed by atoms with E-state index in [1.54, 1.807) is 36.3 Å². The molecule has 0 saturated heterocycles. The van der Waals surface area contributed by atoms with E-state index in [4.69, 9.17) is 21.1 Å². The molecule has 7 heteroatoms. The number of nitrogens with zero attached hydrogens (tertiary/aromatic N) is 1. The van der Waals surface area contributed by atoms with Crippen LogP contribution in [-0.4, -0.2) is 43.0 Å². The van der Waals surface area contributed by atoms with Gasteiger partial charge in [0.05, 0.1) is 7.11 Å². The Morgan fingerprint density at radius 2 is 1.81 bits per heavy atom. The lowest BCUT2D eigenvalue weighted by molar-refractivity contribution is -0.143. The molecule has 2 rings (SSSR count). The first-order valence-electron chi connectivity index (χ1n) is 10.4. The molecule has 0 aromatic heterocycles. The third kappa shape index (κ3) is 7.79. The zero-order chi connectivity index (χ0) is 22.8. The zero-order valence-corrected chi connectivity index (χ0v) is 19.3. The monoisotopic (exact) mass is 446 g/mol. The van der Waals surface area contributed by atoms with Gasteiger partial charge in [0.1, 0.15) is 17.5 Å². The molecule has 1 atom stereocenters. The molecule has 0 spiro atoms. The van der Waals surface area contributed by atoms with Gasteiger partial charge in [-0.3, -0.25) is 9.59 Å². The molecule has 0 aliphatic heterocycles. The fourth-order valence-electron chi connectivity index (χ4n) is 3.09. The van der Waals surface area contributed by atoms with Crippen LogP contribution in [0.4, 0.5) is 0 Å². The van der Waals surface area contributed by atoms with E-state index in [-0.39, 0.29) is 25.0 Å². The first-order chi connectivity index (χ1) is 14.8. The van der Waals surface area contributed by atoms with Gasteiger partial charge >= 0.3 is 0 Å². The summed E-state index contributed by atoms with van der Waals surface area (Å²) >= 11 is 5.99. The van der Waals surface area contributed by atoms with E-state index >= 15 is 0 Å². The number of hydrogen-bond acceptors (Lipinski definition) is 4. The number of hydrogen-bond donors (Lipinski definition) is 1. The maximum Gasteiger partial charge on any atom is 0.261 e. The molecule has 0 unspecified atom stereocenters. The molecule has 0 aliphatic rings. The summed E-state index contributed by atoms with van der Waals surface area (Å²) in [5.74, 6) is 1.05. The van der Waals surface area contributed by atoms with Crippen molar-refractivity contribution in [2.75, 3.05) is 20.3 Å². The summed E-state index contributed by atoms with van der Waals surface area (Å²) in [5, 5.41) is 3.47. The van der Waals surface area contributed by atoms with Gasteiger partial charge in [0.25, 0.3) is 5.91 Å². The molecule has 0 bridgehead atoms. The highest BCUT2D eigenvalue weighted by atomic mass is 35.5. The maximum atomic E-state index is 13.2. The highest BCUT2D eigenvalue weighted by Crippen LogP contribution is 2.19. The molecule has 6 nitrogen and oxygen atoms in total. The SMILES string of the molecule is CC[C@@H](C(=O)NCC(C)C)N(Cc1cccc(OC)c1)C(=O)COc1cccc(Cl)c1. The zero-order valence-electron chi connectivity index (χ0n) is 18.6. The average Bonchev–Trinajstić information content (AvgIpc) is 2.76. The van der Waals surface area contributed by atoms with Gasteiger partial charge in [0.2, 0.25) is 5.91 Å². The number of rotatable bonds is 11. The van der Waals surface area contributed by atoms with Gasteiger partial charge in [-0.1, -0.05) is 50.6 Å². The minimum atomic E-state index is -0.611. The molecule has 1 N–H and O–H groups in total. The molecule has 0 saturated carbocycles. The number of nitrogens with one attached hydrogen (secondary N) is 1. The fourth-order valence-corrected chi connectivity index (χ4v) is 3.27. The van der Waals surface area contributed by atoms with Gasteiger partial charge in [-0.15, -0.1) is 0 Å². The Labute approximate surface area is 189 Å². The summed E-state index contributed by atoms with van der Waals surface area (Å²) in [5.41, 5.74) is 0.866. The second-order valence-electron chi connectivity index (χ2n) is 7.68. The molecule has 2 amide bonds. The maximum absolute atomic E-state index is 13.2. The van der Waals surface area contributed by atoms with Gasteiger partial charge in [0, 0.05) is 18.1 Å². The molecule has 2 aromatic rings. The van der Waals surface area contributed by atoms with Gasteiger partial charge in [0.15, 0.2) is 6.61 Å². The van der Waals surface area contributed by atoms with E-state index in [0.29, 0.717) is 35.4 Å². The highest BCUT2D eigenvalue weighted by molar-refractivity contribution is 6.30. The summed E-state index contributed by atoms with van der Waals surface area (Å²) in [7, 11) is 1.59. The van der Waals surface area contributed by atoms with Crippen molar-refractivity contribution >= 4 is 23.4 Å². The van der Waals surface area contributed by atoms with Crippen molar-refractivity contribution in [2.24, 2.45) is 5.92 Å². The molecule has 0 fully saturated rings. The predicted molar refractivity (Wildman–Crippen MR) is 122 cm³/mol. The Morgan fingerprint density at radius 3 is 2.45 bits per heavy atom. The van der Waals surface area contributed by atoms with Crippen molar-refractivity contribution in [2.45, 2.75) is 39.8 Å². The van der Waals surface area contributed by atoms with Crippen LogP contribution in [0.5, 0.6) is 11.5 Å². The van der Waals surface area contributed by atoms with E-state index < -0.39 is 6.04 Å². The fraction of sp³-hybridized carbons (Fsp3) is 0.417. The van der Waals surface area contributed by atoms with Crippen LogP contribution in [0.15, 0.2) is 48.5 Å². The van der Waals surface area contributed by atoms with Crippen LogP contribution in [0.1, 0.15) is 32.8 Å². The van der Waals surface area contributed by atoms with E-state index in [1.165, 1.54) is 0 Å². The molecule has 31 heavy (non-hydrogen) atoms. The Balaban J connectivity index is 2.21. The Hall–Kier alpha value is -2.73.